The van der Waals surface area contributed by atoms with Crippen LogP contribution in [0.4, 0.5) is 5.69 Å². The summed E-state index contributed by atoms with van der Waals surface area (Å²) < 4.78 is 6.70. The molecule has 1 aromatic carbocycles. The van der Waals surface area contributed by atoms with Crippen molar-refractivity contribution in [3.05, 3.63) is 36.2 Å². The molecule has 0 aliphatic carbocycles. The smallest absolute Gasteiger partial charge is 0.160 e. The molecule has 0 bridgehead atoms. The van der Waals surface area contributed by atoms with E-state index in [1.165, 1.54) is 0 Å². The predicted octanol–water partition coefficient (Wildman–Crippen LogP) is 1.35. The van der Waals surface area contributed by atoms with Crippen LogP contribution in [0.25, 0.3) is 0 Å². The summed E-state index contributed by atoms with van der Waals surface area (Å²) in [6, 6.07) is 8.87. The molecule has 0 aliphatic heterocycles. The highest BCUT2D eigenvalue weighted by Crippen LogP contribution is 2.20. The van der Waals surface area contributed by atoms with Crippen molar-refractivity contribution in [3.8, 4) is 11.8 Å². The van der Waals surface area contributed by atoms with Crippen molar-refractivity contribution in [1.29, 1.82) is 5.26 Å². The van der Waals surface area contributed by atoms with E-state index >= 15 is 0 Å². The minimum atomic E-state index is -0.582. The van der Waals surface area contributed by atoms with Crippen LogP contribution in [0.2, 0.25) is 0 Å². The van der Waals surface area contributed by atoms with E-state index in [-0.39, 0.29) is 6.61 Å². The number of hydrogen-bond acceptors (Lipinski definition) is 6. The van der Waals surface area contributed by atoms with Gasteiger partial charge in [0.25, 0.3) is 0 Å². The van der Waals surface area contributed by atoms with Gasteiger partial charge in [-0.25, -0.2) is 0 Å². The molecule has 1 unspecified atom stereocenters. The second kappa shape index (κ2) is 7.26. The number of aromatic nitrogens is 3. The van der Waals surface area contributed by atoms with E-state index < -0.39 is 6.04 Å². The van der Waals surface area contributed by atoms with Crippen molar-refractivity contribution in [3.63, 3.8) is 0 Å². The van der Waals surface area contributed by atoms with Crippen LogP contribution in [-0.2, 0) is 6.54 Å². The first-order valence-corrected chi connectivity index (χ1v) is 6.58. The molecule has 0 radical (unpaired) electrons. The molecule has 1 heterocycles. The Kier molecular flexibility index (Phi) is 5.12. The number of benzene rings is 1. The third kappa shape index (κ3) is 3.94. The molecule has 0 fully saturated rings. The van der Waals surface area contributed by atoms with Crippen molar-refractivity contribution >= 4 is 5.69 Å². The van der Waals surface area contributed by atoms with Crippen LogP contribution in [0, 0.1) is 11.3 Å². The van der Waals surface area contributed by atoms with E-state index in [1.807, 2.05) is 24.3 Å². The number of nitriles is 1. The van der Waals surface area contributed by atoms with E-state index in [1.54, 1.807) is 18.0 Å². The zero-order valence-electron chi connectivity index (χ0n) is 11.7. The van der Waals surface area contributed by atoms with Gasteiger partial charge in [0.2, 0.25) is 0 Å². The lowest BCUT2D eigenvalue weighted by Gasteiger charge is -2.10. The van der Waals surface area contributed by atoms with Crippen LogP contribution >= 0.6 is 0 Å². The lowest BCUT2D eigenvalue weighted by atomic mass is 10.2. The largest absolute Gasteiger partial charge is 0.497 e. The molecule has 0 saturated carbocycles. The summed E-state index contributed by atoms with van der Waals surface area (Å²) in [5.41, 5.74) is 1.35. The van der Waals surface area contributed by atoms with Crippen LogP contribution in [-0.4, -0.2) is 33.8 Å². The first-order valence-electron chi connectivity index (χ1n) is 6.58. The third-order valence-corrected chi connectivity index (χ3v) is 2.93. The van der Waals surface area contributed by atoms with Gasteiger partial charge in [-0.2, -0.15) is 5.26 Å². The summed E-state index contributed by atoms with van der Waals surface area (Å²) in [4.78, 5) is 0. The van der Waals surface area contributed by atoms with Crippen molar-refractivity contribution in [2.75, 3.05) is 19.0 Å². The lowest BCUT2D eigenvalue weighted by Crippen LogP contribution is -2.09. The van der Waals surface area contributed by atoms with Gasteiger partial charge in [-0.3, -0.25) is 4.68 Å². The highest BCUT2D eigenvalue weighted by molar-refractivity contribution is 5.49. The molecule has 0 saturated heterocycles. The minimum Gasteiger partial charge on any atom is -0.497 e. The van der Waals surface area contributed by atoms with Gasteiger partial charge < -0.3 is 15.2 Å². The topological polar surface area (TPSA) is 96.0 Å². The first-order chi connectivity index (χ1) is 10.3. The number of rotatable bonds is 7. The fourth-order valence-corrected chi connectivity index (χ4v) is 1.81. The highest BCUT2D eigenvalue weighted by Gasteiger charge is 2.14. The maximum atomic E-state index is 9.27. The molecule has 2 aromatic rings. The Hall–Kier alpha value is -2.59. The number of aliphatic hydroxyl groups excluding tert-OH is 1. The number of anilines is 1. The molecule has 2 N–H and O–H groups in total. The Bertz CT molecular complexity index is 603. The molecular formula is C14H17N5O2. The van der Waals surface area contributed by atoms with Gasteiger partial charge in [0, 0.05) is 18.8 Å². The minimum absolute atomic E-state index is 0.0982. The van der Waals surface area contributed by atoms with E-state index in [0.29, 0.717) is 18.7 Å². The molecule has 0 amide bonds. The number of aliphatic hydroxyl groups is 1. The summed E-state index contributed by atoms with van der Waals surface area (Å²) in [6.07, 6.45) is 2.31. The Morgan fingerprint density at radius 2 is 2.19 bits per heavy atom. The molecule has 21 heavy (non-hydrogen) atoms. The molecule has 7 nitrogen and oxygen atoms in total. The first kappa shape index (κ1) is 14.8. The van der Waals surface area contributed by atoms with Gasteiger partial charge in [0.1, 0.15) is 11.4 Å². The Morgan fingerprint density at radius 3 is 2.81 bits per heavy atom. The average Bonchev–Trinajstić information content (AvgIpc) is 3.00. The number of aryl methyl sites for hydroxylation is 1. The molecule has 7 heteroatoms. The predicted molar refractivity (Wildman–Crippen MR) is 76.7 cm³/mol. The monoisotopic (exact) mass is 287 g/mol. The molecule has 0 spiro atoms. The van der Waals surface area contributed by atoms with Crippen LogP contribution < -0.4 is 10.1 Å². The average molecular weight is 287 g/mol. The lowest BCUT2D eigenvalue weighted by molar-refractivity contribution is 0.276. The third-order valence-electron chi connectivity index (χ3n) is 2.93. The van der Waals surface area contributed by atoms with Crippen LogP contribution in [0.1, 0.15) is 18.2 Å². The highest BCUT2D eigenvalue weighted by atomic mass is 16.5. The quantitative estimate of drug-likeness (QED) is 0.798. The molecule has 2 rings (SSSR count). The van der Waals surface area contributed by atoms with Crippen molar-refractivity contribution < 1.29 is 9.84 Å². The normalized spacial score (nSPS) is 11.7. The fraction of sp³-hybridized carbons (Fsp3) is 0.357. The zero-order valence-corrected chi connectivity index (χ0v) is 11.7. The van der Waals surface area contributed by atoms with Gasteiger partial charge in [-0.05, 0) is 30.7 Å². The molecule has 110 valence electrons. The Labute approximate surface area is 122 Å². The summed E-state index contributed by atoms with van der Waals surface area (Å²) in [6.45, 7) is 0.672. The van der Waals surface area contributed by atoms with Crippen molar-refractivity contribution in [1.82, 2.24) is 15.0 Å². The Balaban J connectivity index is 2.05. The standard InChI is InChI=1S/C14H17N5O2/c1-21-12-5-3-11(4-6-12)16-13(9-15)14-10-19(18-17-14)7-2-8-20/h3-6,10,13,16,20H,2,7-8H2,1H3. The van der Waals surface area contributed by atoms with Gasteiger partial charge >= 0.3 is 0 Å². The summed E-state index contributed by atoms with van der Waals surface area (Å²) >= 11 is 0. The number of methoxy groups -OCH3 is 1. The van der Waals surface area contributed by atoms with Crippen molar-refractivity contribution in [2.45, 2.75) is 19.0 Å². The molecule has 0 aliphatic rings. The van der Waals surface area contributed by atoms with E-state index in [9.17, 15) is 5.26 Å². The SMILES string of the molecule is COc1ccc(NC(C#N)c2cn(CCCO)nn2)cc1. The fourth-order valence-electron chi connectivity index (χ4n) is 1.81. The van der Waals surface area contributed by atoms with E-state index in [0.717, 1.165) is 11.4 Å². The van der Waals surface area contributed by atoms with Gasteiger partial charge in [0.05, 0.1) is 19.4 Å². The second-order valence-electron chi connectivity index (χ2n) is 4.42. The summed E-state index contributed by atoms with van der Waals surface area (Å²) in [5.74, 6) is 0.754. The van der Waals surface area contributed by atoms with E-state index in [2.05, 4.69) is 21.7 Å². The van der Waals surface area contributed by atoms with Gasteiger partial charge in [-0.15, -0.1) is 5.10 Å². The number of nitrogens with zero attached hydrogens (tertiary/aromatic N) is 4. The molecular weight excluding hydrogens is 270 g/mol. The summed E-state index contributed by atoms with van der Waals surface area (Å²) in [5, 5.41) is 29.1. The summed E-state index contributed by atoms with van der Waals surface area (Å²) in [7, 11) is 1.60. The maximum absolute atomic E-state index is 9.27. The zero-order chi connectivity index (χ0) is 15.1. The number of hydrogen-bond donors (Lipinski definition) is 2. The maximum Gasteiger partial charge on any atom is 0.160 e. The molecule has 1 aromatic heterocycles. The van der Waals surface area contributed by atoms with Gasteiger partial charge in [-0.1, -0.05) is 5.21 Å². The second-order valence-corrected chi connectivity index (χ2v) is 4.42. The number of nitrogens with one attached hydrogen (secondary N) is 1. The van der Waals surface area contributed by atoms with Crippen LogP contribution in [0.5, 0.6) is 5.75 Å². The van der Waals surface area contributed by atoms with E-state index in [4.69, 9.17) is 9.84 Å². The van der Waals surface area contributed by atoms with Crippen LogP contribution in [0.15, 0.2) is 30.5 Å². The van der Waals surface area contributed by atoms with Crippen LogP contribution in [0.3, 0.4) is 0 Å². The molecule has 1 atom stereocenters. The number of ether oxygens (including phenoxy) is 1. The van der Waals surface area contributed by atoms with Crippen molar-refractivity contribution in [2.24, 2.45) is 0 Å². The Morgan fingerprint density at radius 1 is 1.43 bits per heavy atom. The van der Waals surface area contributed by atoms with Gasteiger partial charge in [0.15, 0.2) is 6.04 Å².